The van der Waals surface area contributed by atoms with Gasteiger partial charge < -0.3 is 15.0 Å². The third-order valence-corrected chi connectivity index (χ3v) is 4.36. The second-order valence-electron chi connectivity index (χ2n) is 6.30. The van der Waals surface area contributed by atoms with Crippen LogP contribution in [-0.2, 0) is 11.2 Å². The summed E-state index contributed by atoms with van der Waals surface area (Å²) in [5.74, 6) is -0.324. The normalized spacial score (nSPS) is 16.4. The van der Waals surface area contributed by atoms with Gasteiger partial charge >= 0.3 is 6.36 Å². The maximum absolute atomic E-state index is 12.3. The summed E-state index contributed by atoms with van der Waals surface area (Å²) in [5, 5.41) is 2.81. The minimum atomic E-state index is -4.71. The smallest absolute Gasteiger partial charge is 0.406 e. The highest BCUT2D eigenvalue weighted by molar-refractivity contribution is 5.86. The standard InChI is InChI=1S/C20H19F3N2O2/c1-2-19(26)24-12-14-11-15-5-3-4-6-18(15)25(13-14)16-7-9-17(10-8-16)27-20(21,22)23/h2-10,14H,1,11-13H2,(H,24,26). The number of fused-ring (bicyclic) bond motifs is 1. The van der Waals surface area contributed by atoms with E-state index in [1.807, 2.05) is 29.2 Å². The SMILES string of the molecule is C=CC(=O)NCC1Cc2ccccc2N(c2ccc(OC(F)(F)F)cc2)C1. The zero-order valence-electron chi connectivity index (χ0n) is 14.5. The van der Waals surface area contributed by atoms with E-state index in [2.05, 4.69) is 16.6 Å². The summed E-state index contributed by atoms with van der Waals surface area (Å²) in [7, 11) is 0. The molecule has 1 aliphatic heterocycles. The zero-order valence-corrected chi connectivity index (χ0v) is 14.5. The largest absolute Gasteiger partial charge is 0.573 e. The summed E-state index contributed by atoms with van der Waals surface area (Å²) in [6.45, 7) is 4.57. The highest BCUT2D eigenvalue weighted by atomic mass is 19.4. The number of nitrogens with one attached hydrogen (secondary N) is 1. The Kier molecular flexibility index (Phi) is 5.39. The minimum absolute atomic E-state index is 0.162. The average Bonchev–Trinajstić information content (AvgIpc) is 2.65. The van der Waals surface area contributed by atoms with E-state index < -0.39 is 6.36 Å². The van der Waals surface area contributed by atoms with E-state index in [0.29, 0.717) is 13.1 Å². The lowest BCUT2D eigenvalue weighted by atomic mass is 9.92. The summed E-state index contributed by atoms with van der Waals surface area (Å²) in [5.41, 5.74) is 2.89. The Bertz CT molecular complexity index is 819. The van der Waals surface area contributed by atoms with Gasteiger partial charge in [-0.25, -0.2) is 0 Å². The number of nitrogens with zero attached hydrogens (tertiary/aromatic N) is 1. The molecule has 0 fully saturated rings. The van der Waals surface area contributed by atoms with Gasteiger partial charge in [-0.2, -0.15) is 0 Å². The molecule has 0 aromatic heterocycles. The summed E-state index contributed by atoms with van der Waals surface area (Å²) in [4.78, 5) is 13.5. The molecule has 1 aliphatic rings. The number of anilines is 2. The van der Waals surface area contributed by atoms with E-state index in [-0.39, 0.29) is 17.6 Å². The van der Waals surface area contributed by atoms with Crippen molar-refractivity contribution in [2.75, 3.05) is 18.0 Å². The van der Waals surface area contributed by atoms with Gasteiger partial charge in [0.1, 0.15) is 5.75 Å². The van der Waals surface area contributed by atoms with Crippen molar-refractivity contribution >= 4 is 17.3 Å². The maximum atomic E-state index is 12.3. The Morgan fingerprint density at radius 3 is 2.59 bits per heavy atom. The molecule has 2 aromatic carbocycles. The molecule has 1 N–H and O–H groups in total. The van der Waals surface area contributed by atoms with Crippen LogP contribution in [0.5, 0.6) is 5.75 Å². The molecular weight excluding hydrogens is 357 g/mol. The van der Waals surface area contributed by atoms with Crippen LogP contribution in [0.2, 0.25) is 0 Å². The monoisotopic (exact) mass is 376 g/mol. The number of hydrogen-bond acceptors (Lipinski definition) is 3. The van der Waals surface area contributed by atoms with Crippen molar-refractivity contribution in [2.24, 2.45) is 5.92 Å². The molecule has 1 amide bonds. The Labute approximate surface area is 155 Å². The molecule has 4 nitrogen and oxygen atoms in total. The molecule has 3 rings (SSSR count). The second kappa shape index (κ2) is 7.73. The molecule has 2 aromatic rings. The average molecular weight is 376 g/mol. The molecule has 1 atom stereocenters. The molecular formula is C20H19F3N2O2. The number of alkyl halides is 3. The van der Waals surface area contributed by atoms with Gasteiger partial charge in [0.05, 0.1) is 0 Å². The number of amides is 1. The summed E-state index contributed by atoms with van der Waals surface area (Å²) in [6.07, 6.45) is -2.68. The van der Waals surface area contributed by atoms with Crippen molar-refractivity contribution in [2.45, 2.75) is 12.8 Å². The van der Waals surface area contributed by atoms with Gasteiger partial charge in [-0.3, -0.25) is 4.79 Å². The fourth-order valence-corrected chi connectivity index (χ4v) is 3.20. The fourth-order valence-electron chi connectivity index (χ4n) is 3.20. The number of ether oxygens (including phenoxy) is 1. The number of rotatable bonds is 5. The molecule has 0 saturated carbocycles. The van der Waals surface area contributed by atoms with E-state index in [0.717, 1.165) is 23.4 Å². The second-order valence-corrected chi connectivity index (χ2v) is 6.30. The predicted octanol–water partition coefficient (Wildman–Crippen LogP) is 4.20. The van der Waals surface area contributed by atoms with Crippen molar-refractivity contribution in [1.82, 2.24) is 5.32 Å². The van der Waals surface area contributed by atoms with Crippen molar-refractivity contribution in [1.29, 1.82) is 0 Å². The number of para-hydroxylation sites is 1. The lowest BCUT2D eigenvalue weighted by Crippen LogP contribution is -2.38. The van der Waals surface area contributed by atoms with Crippen LogP contribution in [0, 0.1) is 5.92 Å². The van der Waals surface area contributed by atoms with Crippen LogP contribution in [0.1, 0.15) is 5.56 Å². The van der Waals surface area contributed by atoms with Crippen molar-refractivity contribution < 1.29 is 22.7 Å². The lowest BCUT2D eigenvalue weighted by Gasteiger charge is -2.36. The van der Waals surface area contributed by atoms with Gasteiger partial charge in [-0.1, -0.05) is 24.8 Å². The summed E-state index contributed by atoms with van der Waals surface area (Å²) in [6, 6.07) is 13.7. The highest BCUT2D eigenvalue weighted by Gasteiger charge is 2.31. The number of benzene rings is 2. The zero-order chi connectivity index (χ0) is 19.4. The summed E-state index contributed by atoms with van der Waals surface area (Å²) < 4.78 is 41.0. The van der Waals surface area contributed by atoms with E-state index in [9.17, 15) is 18.0 Å². The van der Waals surface area contributed by atoms with Gasteiger partial charge in [0.25, 0.3) is 0 Å². The first-order chi connectivity index (χ1) is 12.9. The fraction of sp³-hybridized carbons (Fsp3) is 0.250. The molecule has 0 saturated heterocycles. The number of carbonyl (C=O) groups is 1. The Morgan fingerprint density at radius 1 is 1.22 bits per heavy atom. The van der Waals surface area contributed by atoms with Crippen LogP contribution in [0.4, 0.5) is 24.5 Å². The van der Waals surface area contributed by atoms with Crippen LogP contribution in [0.25, 0.3) is 0 Å². The molecule has 0 bridgehead atoms. The quantitative estimate of drug-likeness (QED) is 0.796. The third kappa shape index (κ3) is 4.81. The number of hydrogen-bond donors (Lipinski definition) is 1. The van der Waals surface area contributed by atoms with Crippen LogP contribution in [-0.4, -0.2) is 25.4 Å². The maximum Gasteiger partial charge on any atom is 0.573 e. The van der Waals surface area contributed by atoms with Crippen molar-refractivity contribution in [3.8, 4) is 5.75 Å². The van der Waals surface area contributed by atoms with Gasteiger partial charge in [0, 0.05) is 24.5 Å². The topological polar surface area (TPSA) is 41.6 Å². The summed E-state index contributed by atoms with van der Waals surface area (Å²) >= 11 is 0. The first-order valence-electron chi connectivity index (χ1n) is 8.47. The molecule has 1 unspecified atom stereocenters. The predicted molar refractivity (Wildman–Crippen MR) is 97.0 cm³/mol. The van der Waals surface area contributed by atoms with Crippen molar-refractivity contribution in [3.05, 3.63) is 66.7 Å². The third-order valence-electron chi connectivity index (χ3n) is 4.36. The molecule has 27 heavy (non-hydrogen) atoms. The van der Waals surface area contributed by atoms with Crippen LogP contribution < -0.4 is 15.0 Å². The minimum Gasteiger partial charge on any atom is -0.406 e. The Hall–Kier alpha value is -2.96. The van der Waals surface area contributed by atoms with Gasteiger partial charge in [-0.15, -0.1) is 13.2 Å². The lowest BCUT2D eigenvalue weighted by molar-refractivity contribution is -0.274. The highest BCUT2D eigenvalue weighted by Crippen LogP contribution is 2.36. The molecule has 1 heterocycles. The van der Waals surface area contributed by atoms with Gasteiger partial charge in [0.2, 0.25) is 5.91 Å². The van der Waals surface area contributed by atoms with Crippen molar-refractivity contribution in [3.63, 3.8) is 0 Å². The van der Waals surface area contributed by atoms with Gasteiger partial charge in [0.15, 0.2) is 0 Å². The number of halogens is 3. The molecule has 0 spiro atoms. The molecule has 0 radical (unpaired) electrons. The Balaban J connectivity index is 1.82. The van der Waals surface area contributed by atoms with Crippen LogP contribution in [0.3, 0.4) is 0 Å². The molecule has 142 valence electrons. The first-order valence-corrected chi connectivity index (χ1v) is 8.47. The molecule has 0 aliphatic carbocycles. The van der Waals surface area contributed by atoms with Crippen LogP contribution >= 0.6 is 0 Å². The Morgan fingerprint density at radius 2 is 1.93 bits per heavy atom. The van der Waals surface area contributed by atoms with Crippen LogP contribution in [0.15, 0.2) is 61.2 Å². The first kappa shape index (κ1) is 18.8. The van der Waals surface area contributed by atoms with E-state index >= 15 is 0 Å². The number of carbonyl (C=O) groups excluding carboxylic acids is 1. The van der Waals surface area contributed by atoms with E-state index in [4.69, 9.17) is 0 Å². The van der Waals surface area contributed by atoms with E-state index in [1.54, 1.807) is 12.1 Å². The molecule has 7 heteroatoms. The van der Waals surface area contributed by atoms with Gasteiger partial charge in [-0.05, 0) is 54.3 Å². The van der Waals surface area contributed by atoms with E-state index in [1.165, 1.54) is 18.2 Å².